The monoisotopic (exact) mass is 395 g/mol. The summed E-state index contributed by atoms with van der Waals surface area (Å²) in [5, 5.41) is 19.2. The third kappa shape index (κ3) is 3.19. The van der Waals surface area contributed by atoms with Crippen LogP contribution in [0.2, 0.25) is 5.02 Å². The van der Waals surface area contributed by atoms with Crippen LogP contribution in [0.25, 0.3) is 0 Å². The molecule has 0 unspecified atom stereocenters. The van der Waals surface area contributed by atoms with Gasteiger partial charge in [0.1, 0.15) is 6.07 Å². The Morgan fingerprint density at radius 1 is 1.61 bits per heavy atom. The smallest absolute Gasteiger partial charge is 0.201 e. The second-order valence-electron chi connectivity index (χ2n) is 2.94. The Balaban J connectivity index is 3.18. The average Bonchev–Trinajstić information content (AvgIpc) is 2.30. The quantitative estimate of drug-likeness (QED) is 0.240. The molecule has 18 heavy (non-hydrogen) atoms. The maximum Gasteiger partial charge on any atom is 0.201 e. The molecular weight excluding hydrogens is 392 g/mol. The summed E-state index contributed by atoms with van der Waals surface area (Å²) in [7, 11) is 0. The summed E-state index contributed by atoms with van der Waals surface area (Å²) in [5.41, 5.74) is 7.46. The van der Waals surface area contributed by atoms with E-state index in [1.54, 1.807) is 6.07 Å². The van der Waals surface area contributed by atoms with Crippen molar-refractivity contribution < 1.29 is 4.39 Å². The molecule has 0 spiro atoms. The van der Waals surface area contributed by atoms with Crippen molar-refractivity contribution in [2.45, 2.75) is 0 Å². The molecule has 0 aliphatic rings. The fourth-order valence-corrected chi connectivity index (χ4v) is 2.67. The van der Waals surface area contributed by atoms with Crippen LogP contribution in [0.1, 0.15) is 0 Å². The number of rotatable bonds is 3. The van der Waals surface area contributed by atoms with E-state index in [-0.39, 0.29) is 20.9 Å². The number of halogens is 4. The number of anilines is 1. The molecule has 0 aliphatic heterocycles. The zero-order chi connectivity index (χ0) is 13.9. The fraction of sp³-hybridized carbons (Fsp3) is 0. The minimum Gasteiger partial charge on any atom is -0.382 e. The zero-order valence-corrected chi connectivity index (χ0v) is 12.5. The van der Waals surface area contributed by atoms with E-state index in [0.29, 0.717) is 4.47 Å². The molecule has 0 atom stereocenters. The van der Waals surface area contributed by atoms with Crippen LogP contribution in [0.15, 0.2) is 20.1 Å². The summed E-state index contributed by atoms with van der Waals surface area (Å²) in [5.74, 6) is -1.16. The number of amidine groups is 1. The van der Waals surface area contributed by atoms with Gasteiger partial charge in [-0.3, -0.25) is 10.8 Å². The predicted molar refractivity (Wildman–Crippen MR) is 75.4 cm³/mol. The van der Waals surface area contributed by atoms with Crippen molar-refractivity contribution in [1.29, 1.82) is 10.7 Å². The number of nitrogens with zero attached hydrogens (tertiary/aromatic N) is 2. The van der Waals surface area contributed by atoms with Crippen molar-refractivity contribution in [2.24, 2.45) is 10.8 Å². The lowest BCUT2D eigenvalue weighted by Gasteiger charge is -2.09. The van der Waals surface area contributed by atoms with Gasteiger partial charge in [0.05, 0.1) is 15.2 Å². The van der Waals surface area contributed by atoms with E-state index in [9.17, 15) is 4.39 Å². The van der Waals surface area contributed by atoms with Gasteiger partial charge in [-0.15, -0.1) is 0 Å². The van der Waals surface area contributed by atoms with Gasteiger partial charge in [-0.25, -0.2) is 4.39 Å². The van der Waals surface area contributed by atoms with Crippen LogP contribution < -0.4 is 11.2 Å². The molecule has 4 N–H and O–H groups in total. The Morgan fingerprint density at radius 2 is 2.22 bits per heavy atom. The highest BCUT2D eigenvalue weighted by Crippen LogP contribution is 2.37. The molecule has 0 saturated carbocycles. The number of hydrogen-bond acceptors (Lipinski definition) is 4. The van der Waals surface area contributed by atoms with Gasteiger partial charge in [-0.1, -0.05) is 11.6 Å². The Hall–Kier alpha value is -1.17. The SMILES string of the molecule is N#C/C(=N\Nc1c(Br)cc(Cl)c(F)c1Br)C(=N)N. The van der Waals surface area contributed by atoms with Crippen LogP contribution in [-0.4, -0.2) is 11.5 Å². The van der Waals surface area contributed by atoms with Crippen LogP contribution in [0.3, 0.4) is 0 Å². The normalized spacial score (nSPS) is 10.9. The molecule has 1 rings (SSSR count). The van der Waals surface area contributed by atoms with Gasteiger partial charge in [0, 0.05) is 4.47 Å². The van der Waals surface area contributed by atoms with E-state index < -0.39 is 11.7 Å². The first-order chi connectivity index (χ1) is 8.38. The topological polar surface area (TPSA) is 98.0 Å². The molecule has 5 nitrogen and oxygen atoms in total. The molecule has 0 radical (unpaired) electrons. The van der Waals surface area contributed by atoms with Gasteiger partial charge >= 0.3 is 0 Å². The maximum atomic E-state index is 13.5. The number of hydrazone groups is 1. The summed E-state index contributed by atoms with van der Waals surface area (Å²) in [6.45, 7) is 0. The summed E-state index contributed by atoms with van der Waals surface area (Å²) in [4.78, 5) is 0. The second kappa shape index (κ2) is 6.13. The third-order valence-corrected chi connectivity index (χ3v) is 3.40. The van der Waals surface area contributed by atoms with Gasteiger partial charge in [-0.2, -0.15) is 10.4 Å². The molecule has 9 heteroatoms. The molecule has 1 aromatic rings. The molecule has 0 amide bonds. The van der Waals surface area contributed by atoms with Crippen LogP contribution in [0, 0.1) is 22.6 Å². The summed E-state index contributed by atoms with van der Waals surface area (Å²) in [6.07, 6.45) is 0. The zero-order valence-electron chi connectivity index (χ0n) is 8.56. The average molecular weight is 397 g/mol. The van der Waals surface area contributed by atoms with Crippen molar-refractivity contribution in [3.05, 3.63) is 25.9 Å². The highest BCUT2D eigenvalue weighted by atomic mass is 79.9. The van der Waals surface area contributed by atoms with E-state index in [1.165, 1.54) is 6.07 Å². The Kier molecular flexibility index (Phi) is 5.07. The summed E-state index contributed by atoms with van der Waals surface area (Å²) in [6, 6.07) is 2.96. The fourth-order valence-electron chi connectivity index (χ4n) is 0.926. The van der Waals surface area contributed by atoms with Gasteiger partial charge in [-0.05, 0) is 37.9 Å². The van der Waals surface area contributed by atoms with Crippen LogP contribution >= 0.6 is 43.5 Å². The lowest BCUT2D eigenvalue weighted by atomic mass is 10.3. The van der Waals surface area contributed by atoms with Crippen molar-refractivity contribution in [3.8, 4) is 6.07 Å². The van der Waals surface area contributed by atoms with Gasteiger partial charge in [0.2, 0.25) is 5.71 Å². The van der Waals surface area contributed by atoms with E-state index in [4.69, 9.17) is 28.0 Å². The highest BCUT2D eigenvalue weighted by molar-refractivity contribution is 9.11. The minimum absolute atomic E-state index is 0.0477. The standard InChI is InChI=1S/C9H5Br2ClFN5/c10-3-1-4(12)7(13)6(11)8(3)18-17-5(2-14)9(15)16/h1,18H,(H3,15,16)/b17-5+. The Morgan fingerprint density at radius 3 is 2.72 bits per heavy atom. The van der Waals surface area contributed by atoms with Gasteiger partial charge < -0.3 is 5.73 Å². The number of hydrogen-bond donors (Lipinski definition) is 3. The number of nitrogens with two attached hydrogens (primary N) is 1. The first kappa shape index (κ1) is 14.9. The molecule has 0 saturated heterocycles. The van der Waals surface area contributed by atoms with E-state index >= 15 is 0 Å². The number of nitrogens with one attached hydrogen (secondary N) is 2. The number of nitriles is 1. The summed E-state index contributed by atoms with van der Waals surface area (Å²) < 4.78 is 14.0. The van der Waals surface area contributed by atoms with Crippen molar-refractivity contribution >= 4 is 60.7 Å². The molecule has 0 heterocycles. The lowest BCUT2D eigenvalue weighted by Crippen LogP contribution is -2.22. The number of benzene rings is 1. The second-order valence-corrected chi connectivity index (χ2v) is 5.00. The van der Waals surface area contributed by atoms with Crippen LogP contribution in [0.4, 0.5) is 10.1 Å². The molecular formula is C9H5Br2ClFN5. The molecule has 0 bridgehead atoms. The van der Waals surface area contributed by atoms with Crippen LogP contribution in [0.5, 0.6) is 0 Å². The highest BCUT2D eigenvalue weighted by Gasteiger charge is 2.14. The van der Waals surface area contributed by atoms with Crippen molar-refractivity contribution in [1.82, 2.24) is 0 Å². The predicted octanol–water partition coefficient (Wildman–Crippen LogP) is 3.23. The minimum atomic E-state index is -0.668. The molecule has 0 fully saturated rings. The molecule has 0 aliphatic carbocycles. The first-order valence-electron chi connectivity index (χ1n) is 4.29. The maximum absolute atomic E-state index is 13.5. The van der Waals surface area contributed by atoms with E-state index in [0.717, 1.165) is 0 Å². The molecule has 94 valence electrons. The van der Waals surface area contributed by atoms with Crippen LogP contribution in [-0.2, 0) is 0 Å². The largest absolute Gasteiger partial charge is 0.382 e. The first-order valence-corrected chi connectivity index (χ1v) is 6.26. The van der Waals surface area contributed by atoms with Gasteiger partial charge in [0.15, 0.2) is 11.7 Å². The van der Waals surface area contributed by atoms with Crippen molar-refractivity contribution in [2.75, 3.05) is 5.43 Å². The lowest BCUT2D eigenvalue weighted by molar-refractivity contribution is 0.622. The van der Waals surface area contributed by atoms with E-state index in [2.05, 4.69) is 42.4 Å². The molecule has 0 aromatic heterocycles. The molecule has 1 aromatic carbocycles. The third-order valence-electron chi connectivity index (χ3n) is 1.75. The Bertz CT molecular complexity index is 581. The summed E-state index contributed by atoms with van der Waals surface area (Å²) >= 11 is 11.8. The van der Waals surface area contributed by atoms with Crippen molar-refractivity contribution in [3.63, 3.8) is 0 Å². The van der Waals surface area contributed by atoms with E-state index in [1.807, 2.05) is 0 Å². The van der Waals surface area contributed by atoms with Gasteiger partial charge in [0.25, 0.3) is 0 Å². The Labute approximate surface area is 124 Å².